The van der Waals surface area contributed by atoms with Crippen LogP contribution in [-0.4, -0.2) is 36.0 Å². The van der Waals surface area contributed by atoms with E-state index in [-0.39, 0.29) is 11.8 Å². The number of rotatable bonds is 8. The Balaban J connectivity index is 1.27. The van der Waals surface area contributed by atoms with Gasteiger partial charge in [0.1, 0.15) is 11.8 Å². The van der Waals surface area contributed by atoms with Gasteiger partial charge >= 0.3 is 12.0 Å². The van der Waals surface area contributed by atoms with Crippen LogP contribution in [0.15, 0.2) is 91.0 Å². The number of urea groups is 1. The average Bonchev–Trinajstić information content (AvgIpc) is 3.30. The fourth-order valence-corrected chi connectivity index (χ4v) is 5.11. The van der Waals surface area contributed by atoms with Crippen LogP contribution in [0.5, 0.6) is 11.5 Å². The third-order valence-corrected chi connectivity index (χ3v) is 7.22. The lowest BCUT2D eigenvalue weighted by Crippen LogP contribution is -2.45. The van der Waals surface area contributed by atoms with Gasteiger partial charge in [-0.15, -0.1) is 0 Å². The van der Waals surface area contributed by atoms with E-state index >= 15 is 0 Å². The molecule has 0 aliphatic carbocycles. The number of carbonyl (C=O) groups is 3. The lowest BCUT2D eigenvalue weighted by atomic mass is 10.00. The zero-order valence-corrected chi connectivity index (χ0v) is 24.1. The minimum absolute atomic E-state index is 0.0886. The molecule has 2 N–H and O–H groups in total. The molecule has 0 aromatic heterocycles. The first-order chi connectivity index (χ1) is 20.2. The van der Waals surface area contributed by atoms with E-state index in [1.807, 2.05) is 74.5 Å². The summed E-state index contributed by atoms with van der Waals surface area (Å²) < 4.78 is 10.9. The number of ether oxygens (including phenoxy) is 2. The molecule has 1 unspecified atom stereocenters. The number of hydrogen-bond donors (Lipinski definition) is 2. The fraction of sp³-hybridized carbons (Fsp3) is 0.182. The Hall–Kier alpha value is -4.82. The van der Waals surface area contributed by atoms with Gasteiger partial charge in [-0.25, -0.2) is 9.59 Å². The first kappa shape index (κ1) is 28.7. The van der Waals surface area contributed by atoms with Crippen LogP contribution in [0.2, 0.25) is 5.02 Å². The fourth-order valence-electron chi connectivity index (χ4n) is 4.94. The van der Waals surface area contributed by atoms with Gasteiger partial charge in [0.15, 0.2) is 5.75 Å². The summed E-state index contributed by atoms with van der Waals surface area (Å²) in [7, 11) is 1.33. The Labute approximate surface area is 249 Å². The first-order valence-electron chi connectivity index (χ1n) is 13.5. The molecule has 5 rings (SSSR count). The smallest absolute Gasteiger partial charge is 0.328 e. The molecule has 0 radical (unpaired) electrons. The highest BCUT2D eigenvalue weighted by Gasteiger charge is 2.38. The van der Waals surface area contributed by atoms with Crippen LogP contribution in [0.25, 0.3) is 11.1 Å². The van der Waals surface area contributed by atoms with Gasteiger partial charge in [0.2, 0.25) is 0 Å². The average molecular weight is 584 g/mol. The second-order valence-electron chi connectivity index (χ2n) is 10.2. The summed E-state index contributed by atoms with van der Waals surface area (Å²) in [6.45, 7) is 4.15. The summed E-state index contributed by atoms with van der Waals surface area (Å²) in [5.74, 6) is 0.376. The van der Waals surface area contributed by atoms with Crippen LogP contribution >= 0.6 is 11.6 Å². The predicted octanol–water partition coefficient (Wildman–Crippen LogP) is 7.60. The Bertz CT molecular complexity index is 1620. The minimum atomic E-state index is -0.650. The molecule has 1 atom stereocenters. The van der Waals surface area contributed by atoms with E-state index in [1.165, 1.54) is 7.11 Å². The lowest BCUT2D eigenvalue weighted by Gasteiger charge is -2.28. The van der Waals surface area contributed by atoms with Crippen LogP contribution in [0.3, 0.4) is 0 Å². The molecular formula is C33H30ClN3O5. The Morgan fingerprint density at radius 1 is 0.881 bits per heavy atom. The number of carbonyl (C=O) groups excluding carboxylic acids is 3. The second kappa shape index (κ2) is 12.4. The Morgan fingerprint density at radius 3 is 2.29 bits per heavy atom. The Kier molecular flexibility index (Phi) is 8.45. The largest absolute Gasteiger partial charge is 0.467 e. The van der Waals surface area contributed by atoms with Crippen molar-refractivity contribution in [2.45, 2.75) is 26.4 Å². The van der Waals surface area contributed by atoms with E-state index in [9.17, 15) is 14.4 Å². The van der Waals surface area contributed by atoms with Crippen molar-refractivity contribution in [3.8, 4) is 22.6 Å². The molecule has 1 aliphatic heterocycles. The van der Waals surface area contributed by atoms with Crippen molar-refractivity contribution >= 4 is 40.9 Å². The number of esters is 1. The van der Waals surface area contributed by atoms with Crippen molar-refractivity contribution in [2.24, 2.45) is 5.92 Å². The van der Waals surface area contributed by atoms with Gasteiger partial charge in [-0.05, 0) is 71.1 Å². The Morgan fingerprint density at radius 2 is 1.60 bits per heavy atom. The molecule has 0 spiro atoms. The normalized spacial score (nSPS) is 13.0. The van der Waals surface area contributed by atoms with Crippen molar-refractivity contribution in [1.29, 1.82) is 0 Å². The highest BCUT2D eigenvalue weighted by molar-refractivity contribution is 6.31. The number of nitrogens with zero attached hydrogens (tertiary/aromatic N) is 1. The summed E-state index contributed by atoms with van der Waals surface area (Å²) in [4.78, 5) is 40.0. The number of nitrogens with one attached hydrogen (secondary N) is 2. The number of hydrogen-bond acceptors (Lipinski definition) is 5. The molecular weight excluding hydrogens is 554 g/mol. The van der Waals surface area contributed by atoms with Gasteiger partial charge in [-0.2, -0.15) is 0 Å². The molecule has 0 bridgehead atoms. The van der Waals surface area contributed by atoms with Gasteiger partial charge in [0, 0.05) is 22.8 Å². The van der Waals surface area contributed by atoms with Gasteiger partial charge in [-0.3, -0.25) is 4.79 Å². The summed E-state index contributed by atoms with van der Waals surface area (Å²) in [5.41, 5.74) is 4.15. The molecule has 4 aromatic carbocycles. The maximum Gasteiger partial charge on any atom is 0.328 e. The van der Waals surface area contributed by atoms with Crippen LogP contribution in [0.4, 0.5) is 16.2 Å². The number of fused-ring (bicyclic) bond motifs is 1. The first-order valence-corrected chi connectivity index (χ1v) is 13.8. The van der Waals surface area contributed by atoms with E-state index in [4.69, 9.17) is 21.1 Å². The van der Waals surface area contributed by atoms with Gasteiger partial charge in [0.25, 0.3) is 5.91 Å². The molecule has 3 amide bonds. The number of amides is 3. The third-order valence-electron chi connectivity index (χ3n) is 6.99. The maximum absolute atomic E-state index is 13.3. The van der Waals surface area contributed by atoms with E-state index in [1.54, 1.807) is 35.2 Å². The molecule has 0 saturated heterocycles. The standard InChI is InChI=1S/C33H30ClN3O5/c1-20(2)30(32(39)41-3)37-19-23-10-9-22(17-27(23)31(37)38)21-11-14-25(15-12-21)35-33(40)36-28-18-24(34)13-16-29(28)42-26-7-5-4-6-8-26/h4-18,20,30H,19H2,1-3H3,(H2,35,36,40). The second-order valence-corrected chi connectivity index (χ2v) is 10.7. The topological polar surface area (TPSA) is 97.0 Å². The SMILES string of the molecule is COC(=O)C(C(C)C)N1Cc2ccc(-c3ccc(NC(=O)Nc4cc(Cl)ccc4Oc4ccccc4)cc3)cc2C1=O. The van der Waals surface area contributed by atoms with Gasteiger partial charge in [0.05, 0.1) is 12.8 Å². The predicted molar refractivity (Wildman–Crippen MR) is 163 cm³/mol. The van der Waals surface area contributed by atoms with Crippen molar-refractivity contribution in [3.05, 3.63) is 107 Å². The number of para-hydroxylation sites is 1. The number of anilines is 2. The molecule has 1 heterocycles. The summed E-state index contributed by atoms with van der Waals surface area (Å²) >= 11 is 6.17. The highest BCUT2D eigenvalue weighted by atomic mass is 35.5. The quantitative estimate of drug-likeness (QED) is 0.208. The van der Waals surface area contributed by atoms with Crippen LogP contribution in [0, 0.1) is 5.92 Å². The number of methoxy groups -OCH3 is 1. The molecule has 9 heteroatoms. The molecule has 0 fully saturated rings. The highest BCUT2D eigenvalue weighted by Crippen LogP contribution is 2.33. The molecule has 4 aromatic rings. The number of benzene rings is 4. The molecule has 1 aliphatic rings. The van der Waals surface area contributed by atoms with E-state index in [0.29, 0.717) is 40.0 Å². The summed E-state index contributed by atoms with van der Waals surface area (Å²) in [5, 5.41) is 6.07. The molecule has 0 saturated carbocycles. The van der Waals surface area contributed by atoms with Crippen molar-refractivity contribution < 1.29 is 23.9 Å². The number of halogens is 1. The minimum Gasteiger partial charge on any atom is -0.467 e. The van der Waals surface area contributed by atoms with Crippen molar-refractivity contribution in [1.82, 2.24) is 4.90 Å². The van der Waals surface area contributed by atoms with E-state index in [2.05, 4.69) is 10.6 Å². The van der Waals surface area contributed by atoms with Crippen molar-refractivity contribution in [2.75, 3.05) is 17.7 Å². The molecule has 42 heavy (non-hydrogen) atoms. The molecule has 8 nitrogen and oxygen atoms in total. The van der Waals surface area contributed by atoms with Gasteiger partial charge in [-0.1, -0.05) is 67.9 Å². The summed E-state index contributed by atoms with van der Waals surface area (Å²) in [6, 6.07) is 26.1. The van der Waals surface area contributed by atoms with E-state index in [0.717, 1.165) is 16.7 Å². The lowest BCUT2D eigenvalue weighted by molar-refractivity contribution is -0.147. The van der Waals surface area contributed by atoms with Gasteiger partial charge < -0.3 is 25.0 Å². The zero-order valence-electron chi connectivity index (χ0n) is 23.4. The van der Waals surface area contributed by atoms with Crippen LogP contribution in [-0.2, 0) is 16.1 Å². The van der Waals surface area contributed by atoms with E-state index < -0.39 is 18.0 Å². The third kappa shape index (κ3) is 6.24. The monoisotopic (exact) mass is 583 g/mol. The van der Waals surface area contributed by atoms with Crippen LogP contribution in [0.1, 0.15) is 29.8 Å². The zero-order chi connectivity index (χ0) is 29.8. The molecule has 214 valence electrons. The summed E-state index contributed by atoms with van der Waals surface area (Å²) in [6.07, 6.45) is 0. The van der Waals surface area contributed by atoms with Crippen molar-refractivity contribution in [3.63, 3.8) is 0 Å². The van der Waals surface area contributed by atoms with Crippen LogP contribution < -0.4 is 15.4 Å². The maximum atomic E-state index is 13.3.